The van der Waals surface area contributed by atoms with Crippen LogP contribution in [0.2, 0.25) is 10.0 Å². The smallest absolute Gasteiger partial charge is 0.150 e. The summed E-state index contributed by atoms with van der Waals surface area (Å²) in [7, 11) is 0. The van der Waals surface area contributed by atoms with Gasteiger partial charge in [0, 0.05) is 19.1 Å². The molecule has 2 heterocycles. The Balaban J connectivity index is 2.35. The van der Waals surface area contributed by atoms with E-state index in [9.17, 15) is 0 Å². The molecule has 2 rings (SSSR count). The predicted molar refractivity (Wildman–Crippen MR) is 74.5 cm³/mol. The predicted octanol–water partition coefficient (Wildman–Crippen LogP) is 3.81. The fourth-order valence-corrected chi connectivity index (χ4v) is 2.73. The average Bonchev–Trinajstić information content (AvgIpc) is 2.69. The van der Waals surface area contributed by atoms with E-state index in [1.54, 1.807) is 6.07 Å². The second-order valence-corrected chi connectivity index (χ2v) is 5.15. The summed E-state index contributed by atoms with van der Waals surface area (Å²) in [6.07, 6.45) is 2.38. The van der Waals surface area contributed by atoms with Gasteiger partial charge in [-0.2, -0.15) is 0 Å². The minimum atomic E-state index is 0.496. The maximum absolute atomic E-state index is 6.23. The lowest BCUT2D eigenvalue weighted by Gasteiger charge is -2.24. The molecule has 1 atom stereocenters. The minimum Gasteiger partial charge on any atom is -0.369 e. The number of hydrogen-bond acceptors (Lipinski definition) is 3. The summed E-state index contributed by atoms with van der Waals surface area (Å²) in [5.74, 6) is 1.56. The van der Waals surface area contributed by atoms with Gasteiger partial charge in [0.15, 0.2) is 0 Å². The van der Waals surface area contributed by atoms with Crippen molar-refractivity contribution in [2.24, 2.45) is 0 Å². The molecular weight excluding hydrogens is 257 g/mol. The Morgan fingerprint density at radius 3 is 2.82 bits per heavy atom. The Kier molecular flexibility index (Phi) is 4.00. The third-order valence-corrected chi connectivity index (χ3v) is 3.65. The van der Waals surface area contributed by atoms with E-state index in [2.05, 4.69) is 22.1 Å². The molecule has 0 aromatic carbocycles. The molecule has 0 radical (unpaired) electrons. The quantitative estimate of drug-likeness (QED) is 0.908. The Morgan fingerprint density at radius 2 is 2.24 bits per heavy atom. The molecule has 1 aliphatic rings. The van der Waals surface area contributed by atoms with Crippen LogP contribution in [0.3, 0.4) is 0 Å². The van der Waals surface area contributed by atoms with Crippen LogP contribution >= 0.6 is 23.2 Å². The lowest BCUT2D eigenvalue weighted by molar-refractivity contribution is 0.727. The van der Waals surface area contributed by atoms with E-state index in [4.69, 9.17) is 23.2 Å². The number of anilines is 2. The van der Waals surface area contributed by atoms with E-state index < -0.39 is 0 Å². The molecule has 1 saturated heterocycles. The summed E-state index contributed by atoms with van der Waals surface area (Å²) in [6.45, 7) is 6.03. The molecule has 1 aliphatic heterocycles. The minimum absolute atomic E-state index is 0.496. The SMILES string of the molecule is CCNc1nc(N2CCCC2C)c(Cl)cc1Cl. The van der Waals surface area contributed by atoms with Gasteiger partial charge in [0.2, 0.25) is 0 Å². The maximum Gasteiger partial charge on any atom is 0.150 e. The highest BCUT2D eigenvalue weighted by atomic mass is 35.5. The van der Waals surface area contributed by atoms with Crippen LogP contribution in [0.5, 0.6) is 0 Å². The van der Waals surface area contributed by atoms with Crippen LogP contribution in [-0.4, -0.2) is 24.1 Å². The third-order valence-electron chi connectivity index (χ3n) is 3.08. The fraction of sp³-hybridized carbons (Fsp3) is 0.583. The number of pyridine rings is 1. The zero-order valence-corrected chi connectivity index (χ0v) is 11.6. The molecule has 0 amide bonds. The van der Waals surface area contributed by atoms with E-state index >= 15 is 0 Å². The molecule has 5 heteroatoms. The fourth-order valence-electron chi connectivity index (χ4n) is 2.20. The summed E-state index contributed by atoms with van der Waals surface area (Å²) in [5.41, 5.74) is 0. The number of aromatic nitrogens is 1. The van der Waals surface area contributed by atoms with Crippen molar-refractivity contribution in [3.63, 3.8) is 0 Å². The average molecular weight is 274 g/mol. The molecule has 0 aliphatic carbocycles. The van der Waals surface area contributed by atoms with Crippen molar-refractivity contribution in [1.29, 1.82) is 0 Å². The van der Waals surface area contributed by atoms with Crippen molar-refractivity contribution in [1.82, 2.24) is 4.98 Å². The van der Waals surface area contributed by atoms with Gasteiger partial charge in [0.1, 0.15) is 11.6 Å². The molecule has 0 saturated carbocycles. The lowest BCUT2D eigenvalue weighted by atomic mass is 10.2. The standard InChI is InChI=1S/C12H17Cl2N3/c1-3-15-11-9(13)7-10(14)12(16-11)17-6-4-5-8(17)2/h7-8H,3-6H2,1-2H3,(H,15,16). The summed E-state index contributed by atoms with van der Waals surface area (Å²) >= 11 is 12.3. The monoisotopic (exact) mass is 273 g/mol. The van der Waals surface area contributed by atoms with Gasteiger partial charge in [0.05, 0.1) is 10.0 Å². The van der Waals surface area contributed by atoms with Crippen molar-refractivity contribution in [2.75, 3.05) is 23.3 Å². The second kappa shape index (κ2) is 5.32. The number of rotatable bonds is 3. The molecule has 1 unspecified atom stereocenters. The zero-order chi connectivity index (χ0) is 12.4. The number of nitrogens with zero attached hydrogens (tertiary/aromatic N) is 2. The van der Waals surface area contributed by atoms with E-state index in [-0.39, 0.29) is 0 Å². The summed E-state index contributed by atoms with van der Waals surface area (Å²) < 4.78 is 0. The van der Waals surface area contributed by atoms with Gasteiger partial charge in [-0.1, -0.05) is 23.2 Å². The van der Waals surface area contributed by atoms with Crippen LogP contribution in [0.25, 0.3) is 0 Å². The lowest BCUT2D eigenvalue weighted by Crippen LogP contribution is -2.27. The van der Waals surface area contributed by atoms with E-state index in [0.717, 1.165) is 18.9 Å². The van der Waals surface area contributed by atoms with Crippen molar-refractivity contribution < 1.29 is 0 Å². The van der Waals surface area contributed by atoms with Crippen LogP contribution in [0.4, 0.5) is 11.6 Å². The molecule has 0 spiro atoms. The van der Waals surface area contributed by atoms with Gasteiger partial charge in [-0.25, -0.2) is 4.98 Å². The molecule has 1 aromatic heterocycles. The first kappa shape index (κ1) is 12.8. The molecule has 3 nitrogen and oxygen atoms in total. The van der Waals surface area contributed by atoms with Crippen molar-refractivity contribution in [3.8, 4) is 0 Å². The van der Waals surface area contributed by atoms with Crippen molar-refractivity contribution in [3.05, 3.63) is 16.1 Å². The highest BCUT2D eigenvalue weighted by Gasteiger charge is 2.24. The summed E-state index contributed by atoms with van der Waals surface area (Å²) in [4.78, 5) is 6.79. The zero-order valence-electron chi connectivity index (χ0n) is 10.1. The van der Waals surface area contributed by atoms with Crippen LogP contribution in [0.15, 0.2) is 6.07 Å². The molecule has 1 fully saturated rings. The number of hydrogen-bond donors (Lipinski definition) is 1. The van der Waals surface area contributed by atoms with Crippen molar-refractivity contribution in [2.45, 2.75) is 32.7 Å². The van der Waals surface area contributed by atoms with E-state index in [0.29, 0.717) is 21.9 Å². The first-order chi connectivity index (χ1) is 8.13. The van der Waals surface area contributed by atoms with Gasteiger partial charge < -0.3 is 10.2 Å². The Bertz CT molecular complexity index is 409. The summed E-state index contributed by atoms with van der Waals surface area (Å²) in [6, 6.07) is 2.27. The van der Waals surface area contributed by atoms with E-state index in [1.165, 1.54) is 12.8 Å². The first-order valence-corrected chi connectivity index (χ1v) is 6.75. The maximum atomic E-state index is 6.23. The van der Waals surface area contributed by atoms with Crippen LogP contribution in [-0.2, 0) is 0 Å². The molecular formula is C12H17Cl2N3. The molecule has 94 valence electrons. The van der Waals surface area contributed by atoms with Gasteiger partial charge in [-0.05, 0) is 32.8 Å². The Morgan fingerprint density at radius 1 is 1.47 bits per heavy atom. The van der Waals surface area contributed by atoms with Crippen LogP contribution < -0.4 is 10.2 Å². The van der Waals surface area contributed by atoms with Crippen molar-refractivity contribution >= 4 is 34.8 Å². The Hall–Kier alpha value is -0.670. The van der Waals surface area contributed by atoms with Gasteiger partial charge >= 0.3 is 0 Å². The highest BCUT2D eigenvalue weighted by Crippen LogP contribution is 2.34. The molecule has 0 bridgehead atoms. The first-order valence-electron chi connectivity index (χ1n) is 6.00. The van der Waals surface area contributed by atoms with E-state index in [1.807, 2.05) is 6.92 Å². The second-order valence-electron chi connectivity index (χ2n) is 4.34. The number of halogens is 2. The Labute approximate surface area is 112 Å². The number of nitrogens with one attached hydrogen (secondary N) is 1. The summed E-state index contributed by atoms with van der Waals surface area (Å²) in [5, 5.41) is 4.36. The van der Waals surface area contributed by atoms with Crippen LogP contribution in [0, 0.1) is 0 Å². The topological polar surface area (TPSA) is 28.2 Å². The third kappa shape index (κ3) is 2.61. The van der Waals surface area contributed by atoms with Crippen LogP contribution in [0.1, 0.15) is 26.7 Å². The molecule has 1 N–H and O–H groups in total. The largest absolute Gasteiger partial charge is 0.369 e. The van der Waals surface area contributed by atoms with Gasteiger partial charge in [-0.15, -0.1) is 0 Å². The normalized spacial score (nSPS) is 19.8. The van der Waals surface area contributed by atoms with Gasteiger partial charge in [-0.3, -0.25) is 0 Å². The van der Waals surface area contributed by atoms with Gasteiger partial charge in [0.25, 0.3) is 0 Å². The highest BCUT2D eigenvalue weighted by molar-refractivity contribution is 6.37. The molecule has 17 heavy (non-hydrogen) atoms. The molecule has 1 aromatic rings.